The molecule has 2 aromatic carbocycles. The molecule has 142 valence electrons. The fourth-order valence-electron chi connectivity index (χ4n) is 4.13. The number of carbonyl (C=O) groups excluding carboxylic acids is 1. The summed E-state index contributed by atoms with van der Waals surface area (Å²) in [6.07, 6.45) is 2.52. The molecule has 1 fully saturated rings. The molecule has 1 saturated heterocycles. The number of hydrogen-bond acceptors (Lipinski definition) is 4. The smallest absolute Gasteiger partial charge is 0.170 e. The van der Waals surface area contributed by atoms with Gasteiger partial charge in [-0.25, -0.2) is 0 Å². The maximum Gasteiger partial charge on any atom is 0.170 e. The largest absolute Gasteiger partial charge is 0.490 e. The molecule has 0 N–H and O–H groups in total. The lowest BCUT2D eigenvalue weighted by Gasteiger charge is -2.27. The van der Waals surface area contributed by atoms with Crippen LogP contribution in [-0.4, -0.2) is 36.9 Å². The average molecular weight is 365 g/mol. The first-order chi connectivity index (χ1) is 13.1. The van der Waals surface area contributed by atoms with E-state index in [0.29, 0.717) is 23.7 Å². The van der Waals surface area contributed by atoms with Gasteiger partial charge in [0.1, 0.15) is 23.7 Å². The summed E-state index contributed by atoms with van der Waals surface area (Å²) < 4.78 is 12.4. The van der Waals surface area contributed by atoms with Gasteiger partial charge in [-0.05, 0) is 50.2 Å². The van der Waals surface area contributed by atoms with E-state index in [4.69, 9.17) is 9.47 Å². The third-order valence-corrected chi connectivity index (χ3v) is 5.61. The van der Waals surface area contributed by atoms with Crippen LogP contribution < -0.4 is 9.47 Å². The predicted octanol–water partition coefficient (Wildman–Crippen LogP) is 4.50. The van der Waals surface area contributed by atoms with Crippen molar-refractivity contribution in [3.63, 3.8) is 0 Å². The number of ketones is 1. The summed E-state index contributed by atoms with van der Waals surface area (Å²) in [7, 11) is 2.16. The van der Waals surface area contributed by atoms with Crippen molar-refractivity contribution in [3.05, 3.63) is 59.7 Å². The molecule has 4 nitrogen and oxygen atoms in total. The normalized spacial score (nSPS) is 26.0. The minimum Gasteiger partial charge on any atom is -0.490 e. The van der Waals surface area contributed by atoms with Crippen LogP contribution in [0.5, 0.6) is 11.5 Å². The van der Waals surface area contributed by atoms with Crippen molar-refractivity contribution in [2.24, 2.45) is 5.92 Å². The molecule has 3 unspecified atom stereocenters. The summed E-state index contributed by atoms with van der Waals surface area (Å²) in [5.41, 5.74) is 1.67. The maximum atomic E-state index is 12.7. The number of carbonyl (C=O) groups is 1. The van der Waals surface area contributed by atoms with Gasteiger partial charge in [-0.3, -0.25) is 4.79 Å². The van der Waals surface area contributed by atoms with Crippen molar-refractivity contribution in [2.45, 2.75) is 38.4 Å². The van der Waals surface area contributed by atoms with Crippen LogP contribution >= 0.6 is 0 Å². The Morgan fingerprint density at radius 2 is 1.96 bits per heavy atom. The van der Waals surface area contributed by atoms with Crippen molar-refractivity contribution in [3.8, 4) is 11.5 Å². The van der Waals surface area contributed by atoms with E-state index in [1.165, 1.54) is 0 Å². The van der Waals surface area contributed by atoms with Gasteiger partial charge < -0.3 is 14.4 Å². The number of fused-ring (bicyclic) bond motifs is 1. The van der Waals surface area contributed by atoms with Gasteiger partial charge in [-0.2, -0.15) is 0 Å². The lowest BCUT2D eigenvalue weighted by Crippen LogP contribution is -2.30. The molecular formula is C23H27NO3. The van der Waals surface area contributed by atoms with E-state index in [1.54, 1.807) is 0 Å². The molecule has 3 atom stereocenters. The van der Waals surface area contributed by atoms with E-state index in [9.17, 15) is 4.79 Å². The van der Waals surface area contributed by atoms with Crippen LogP contribution in [0.4, 0.5) is 0 Å². The topological polar surface area (TPSA) is 38.8 Å². The second kappa shape index (κ2) is 7.73. The number of hydrogen-bond donors (Lipinski definition) is 0. The highest BCUT2D eigenvalue weighted by Gasteiger charge is 2.29. The monoisotopic (exact) mass is 365 g/mol. The molecule has 0 amide bonds. The molecular weight excluding hydrogens is 338 g/mol. The van der Waals surface area contributed by atoms with Gasteiger partial charge in [0.15, 0.2) is 5.78 Å². The number of benzene rings is 2. The molecule has 0 radical (unpaired) electrons. The highest BCUT2D eigenvalue weighted by atomic mass is 16.5. The molecule has 0 saturated carbocycles. The zero-order chi connectivity index (χ0) is 18.8. The number of ether oxygens (including phenoxy) is 2. The van der Waals surface area contributed by atoms with E-state index in [0.717, 1.165) is 37.2 Å². The van der Waals surface area contributed by atoms with E-state index in [1.807, 2.05) is 48.5 Å². The maximum absolute atomic E-state index is 12.7. The molecule has 2 aliphatic rings. The fraction of sp³-hybridized carbons (Fsp3) is 0.435. The van der Waals surface area contributed by atoms with Crippen LogP contribution in [0.3, 0.4) is 0 Å². The average Bonchev–Trinajstić information content (AvgIpc) is 2.83. The highest BCUT2D eigenvalue weighted by Crippen LogP contribution is 2.37. The Hall–Kier alpha value is -2.33. The van der Waals surface area contributed by atoms with Gasteiger partial charge in [0.2, 0.25) is 0 Å². The number of rotatable bonds is 3. The van der Waals surface area contributed by atoms with Crippen LogP contribution in [0.25, 0.3) is 0 Å². The molecule has 4 rings (SSSR count). The van der Waals surface area contributed by atoms with Crippen LogP contribution in [0.15, 0.2) is 48.5 Å². The van der Waals surface area contributed by atoms with Crippen LogP contribution in [-0.2, 0) is 0 Å². The zero-order valence-electron chi connectivity index (χ0n) is 16.1. The van der Waals surface area contributed by atoms with Crippen molar-refractivity contribution < 1.29 is 14.3 Å². The summed E-state index contributed by atoms with van der Waals surface area (Å²) >= 11 is 0. The van der Waals surface area contributed by atoms with E-state index in [2.05, 4.69) is 18.9 Å². The lowest BCUT2D eigenvalue weighted by atomic mass is 9.96. The summed E-state index contributed by atoms with van der Waals surface area (Å²) in [6, 6.07) is 15.6. The van der Waals surface area contributed by atoms with Gasteiger partial charge in [0.25, 0.3) is 0 Å². The first kappa shape index (κ1) is 18.1. The molecule has 2 heterocycles. The quantitative estimate of drug-likeness (QED) is 0.803. The summed E-state index contributed by atoms with van der Waals surface area (Å²) in [5.74, 6) is 2.00. The van der Waals surface area contributed by atoms with E-state index >= 15 is 0 Å². The number of likely N-dealkylation sites (tertiary alicyclic amines) is 1. The van der Waals surface area contributed by atoms with Crippen molar-refractivity contribution in [1.29, 1.82) is 0 Å². The van der Waals surface area contributed by atoms with Crippen molar-refractivity contribution >= 4 is 5.78 Å². The molecule has 2 aliphatic heterocycles. The first-order valence-corrected chi connectivity index (χ1v) is 9.84. The van der Waals surface area contributed by atoms with E-state index in [-0.39, 0.29) is 18.0 Å². The second-order valence-corrected chi connectivity index (χ2v) is 7.84. The second-order valence-electron chi connectivity index (χ2n) is 7.84. The van der Waals surface area contributed by atoms with Gasteiger partial charge in [-0.1, -0.05) is 37.3 Å². The summed E-state index contributed by atoms with van der Waals surface area (Å²) in [4.78, 5) is 15.1. The highest BCUT2D eigenvalue weighted by molar-refractivity contribution is 6.00. The van der Waals surface area contributed by atoms with Crippen LogP contribution in [0.2, 0.25) is 0 Å². The molecule has 0 aromatic heterocycles. The Morgan fingerprint density at radius 3 is 2.78 bits per heavy atom. The van der Waals surface area contributed by atoms with Gasteiger partial charge >= 0.3 is 0 Å². The minimum absolute atomic E-state index is 0.115. The van der Waals surface area contributed by atoms with Crippen molar-refractivity contribution in [2.75, 3.05) is 20.1 Å². The predicted molar refractivity (Wildman–Crippen MR) is 106 cm³/mol. The summed E-state index contributed by atoms with van der Waals surface area (Å²) in [6.45, 7) is 4.39. The fourth-order valence-corrected chi connectivity index (χ4v) is 4.13. The Morgan fingerprint density at radius 1 is 1.15 bits per heavy atom. The first-order valence-electron chi connectivity index (χ1n) is 9.84. The lowest BCUT2D eigenvalue weighted by molar-refractivity contribution is 0.0846. The van der Waals surface area contributed by atoms with Gasteiger partial charge in [0.05, 0.1) is 12.0 Å². The standard InChI is InChI=1S/C23H27NO3/c1-16-15-24(2)12-6-9-21(16)26-18-10-11-22-19(13-18)20(25)14-23(27-22)17-7-4-3-5-8-17/h3-5,7-8,10-11,13,16,21,23H,6,9,12,14-15H2,1-2H3. The molecule has 2 aromatic rings. The Kier molecular flexibility index (Phi) is 5.17. The van der Waals surface area contributed by atoms with E-state index < -0.39 is 0 Å². The van der Waals surface area contributed by atoms with Crippen molar-refractivity contribution in [1.82, 2.24) is 4.90 Å². The summed E-state index contributed by atoms with van der Waals surface area (Å²) in [5, 5.41) is 0. The van der Waals surface area contributed by atoms with Gasteiger partial charge in [-0.15, -0.1) is 0 Å². The zero-order valence-corrected chi connectivity index (χ0v) is 16.1. The van der Waals surface area contributed by atoms with Crippen LogP contribution in [0, 0.1) is 5.92 Å². The van der Waals surface area contributed by atoms with Crippen LogP contribution in [0.1, 0.15) is 48.2 Å². The molecule has 0 bridgehead atoms. The minimum atomic E-state index is -0.213. The Bertz CT molecular complexity index is 805. The SMILES string of the molecule is CC1CN(C)CCCC1Oc1ccc2c(c1)C(=O)CC(c1ccccc1)O2. The Labute approximate surface area is 161 Å². The molecule has 0 spiro atoms. The molecule has 0 aliphatic carbocycles. The number of nitrogens with zero attached hydrogens (tertiary/aromatic N) is 1. The molecule has 27 heavy (non-hydrogen) atoms. The van der Waals surface area contributed by atoms with Gasteiger partial charge in [0, 0.05) is 12.5 Å². The Balaban J connectivity index is 1.51. The third-order valence-electron chi connectivity index (χ3n) is 5.61. The third kappa shape index (κ3) is 4.01. The number of Topliss-reactive ketones (excluding diaryl/α,β-unsaturated/α-hetero) is 1. The molecule has 4 heteroatoms.